The molecule has 0 aliphatic carbocycles. The number of rotatable bonds is 4. The summed E-state index contributed by atoms with van der Waals surface area (Å²) >= 11 is 0. The summed E-state index contributed by atoms with van der Waals surface area (Å²) in [6.45, 7) is 11.1. The molecule has 1 aromatic carbocycles. The van der Waals surface area contributed by atoms with Crippen LogP contribution in [-0.4, -0.2) is 50.7 Å². The summed E-state index contributed by atoms with van der Waals surface area (Å²) in [7, 11) is 1.74. The number of morpholine rings is 1. The van der Waals surface area contributed by atoms with Gasteiger partial charge < -0.3 is 24.4 Å². The predicted octanol–water partition coefficient (Wildman–Crippen LogP) is 3.68. The maximum Gasteiger partial charge on any atom is 0.144 e. The molecule has 2 heterocycles. The molecule has 3 atom stereocenters. The third-order valence-corrected chi connectivity index (χ3v) is 5.03. The van der Waals surface area contributed by atoms with Crippen LogP contribution in [0.3, 0.4) is 0 Å². The van der Waals surface area contributed by atoms with Crippen molar-refractivity contribution in [3.63, 3.8) is 0 Å². The Labute approximate surface area is 151 Å². The Balaban J connectivity index is 1.73. The summed E-state index contributed by atoms with van der Waals surface area (Å²) in [5, 5.41) is 3.66. The van der Waals surface area contributed by atoms with Crippen molar-refractivity contribution in [1.82, 2.24) is 0 Å². The Kier molecular flexibility index (Phi) is 5.44. The van der Waals surface area contributed by atoms with Crippen LogP contribution in [0.15, 0.2) is 18.2 Å². The molecule has 5 heteroatoms. The molecule has 0 aromatic heterocycles. The van der Waals surface area contributed by atoms with Gasteiger partial charge in [0, 0.05) is 30.9 Å². The summed E-state index contributed by atoms with van der Waals surface area (Å²) in [6.07, 6.45) is 2.63. The minimum absolute atomic E-state index is 0.114. The lowest BCUT2D eigenvalue weighted by Crippen LogP contribution is -2.48. The Bertz CT molecular complexity index is 580. The molecule has 1 aromatic rings. The third-order valence-electron chi connectivity index (χ3n) is 5.03. The summed E-state index contributed by atoms with van der Waals surface area (Å²) in [5.41, 5.74) is 2.13. The van der Waals surface area contributed by atoms with Crippen LogP contribution in [0, 0.1) is 0 Å². The monoisotopic (exact) mass is 348 g/mol. The highest BCUT2D eigenvalue weighted by Gasteiger charge is 2.28. The highest BCUT2D eigenvalue weighted by Crippen LogP contribution is 2.33. The van der Waals surface area contributed by atoms with Gasteiger partial charge in [0.1, 0.15) is 5.75 Å². The van der Waals surface area contributed by atoms with E-state index in [1.807, 2.05) is 0 Å². The topological polar surface area (TPSA) is 43.0 Å². The van der Waals surface area contributed by atoms with E-state index < -0.39 is 0 Å². The molecule has 0 spiro atoms. The van der Waals surface area contributed by atoms with Crippen LogP contribution < -0.4 is 15.0 Å². The lowest BCUT2D eigenvalue weighted by molar-refractivity contribution is -0.0338. The van der Waals surface area contributed by atoms with Gasteiger partial charge in [-0.05, 0) is 52.7 Å². The highest BCUT2D eigenvalue weighted by atomic mass is 16.5. The molecule has 5 nitrogen and oxygen atoms in total. The minimum Gasteiger partial charge on any atom is -0.495 e. The second kappa shape index (κ2) is 7.42. The number of benzene rings is 1. The molecule has 0 saturated carbocycles. The molecule has 25 heavy (non-hydrogen) atoms. The molecule has 3 rings (SSSR count). The number of ether oxygens (including phenoxy) is 3. The van der Waals surface area contributed by atoms with Gasteiger partial charge in [-0.25, -0.2) is 0 Å². The Morgan fingerprint density at radius 3 is 2.56 bits per heavy atom. The molecule has 0 radical (unpaired) electrons. The molecule has 1 N–H and O–H groups in total. The molecule has 2 aliphatic rings. The number of nitrogens with one attached hydrogen (secondary N) is 1. The molecular formula is C20H32N2O3. The lowest BCUT2D eigenvalue weighted by atomic mass is 9.99. The average Bonchev–Trinajstić information content (AvgIpc) is 2.53. The van der Waals surface area contributed by atoms with E-state index >= 15 is 0 Å². The van der Waals surface area contributed by atoms with E-state index in [1.54, 1.807) is 7.11 Å². The number of anilines is 2. The van der Waals surface area contributed by atoms with E-state index in [9.17, 15) is 0 Å². The minimum atomic E-state index is -0.114. The maximum atomic E-state index is 5.84. The smallest absolute Gasteiger partial charge is 0.144 e. The fourth-order valence-corrected chi connectivity index (χ4v) is 3.98. The van der Waals surface area contributed by atoms with E-state index in [0.29, 0.717) is 18.2 Å². The largest absolute Gasteiger partial charge is 0.495 e. The van der Waals surface area contributed by atoms with Crippen molar-refractivity contribution in [3.8, 4) is 5.75 Å². The molecule has 0 bridgehead atoms. The van der Waals surface area contributed by atoms with E-state index in [-0.39, 0.29) is 5.60 Å². The van der Waals surface area contributed by atoms with Crippen molar-refractivity contribution in [1.29, 1.82) is 0 Å². The van der Waals surface area contributed by atoms with Gasteiger partial charge in [0.2, 0.25) is 0 Å². The number of nitrogens with zero attached hydrogens (tertiary/aromatic N) is 1. The summed E-state index contributed by atoms with van der Waals surface area (Å²) in [4.78, 5) is 2.37. The Hall–Kier alpha value is -1.46. The van der Waals surface area contributed by atoms with E-state index in [0.717, 1.165) is 44.0 Å². The fraction of sp³-hybridized carbons (Fsp3) is 0.700. The number of hydrogen-bond donors (Lipinski definition) is 1. The molecule has 2 saturated heterocycles. The number of hydrogen-bond acceptors (Lipinski definition) is 5. The lowest BCUT2D eigenvalue weighted by Gasteiger charge is -2.39. The summed E-state index contributed by atoms with van der Waals surface area (Å²) < 4.78 is 17.3. The first kappa shape index (κ1) is 18.3. The second-order valence-corrected chi connectivity index (χ2v) is 7.98. The molecule has 140 valence electrons. The molecule has 2 fully saturated rings. The Morgan fingerprint density at radius 1 is 1.20 bits per heavy atom. The van der Waals surface area contributed by atoms with Gasteiger partial charge >= 0.3 is 0 Å². The molecule has 2 aliphatic heterocycles. The van der Waals surface area contributed by atoms with Crippen molar-refractivity contribution in [2.75, 3.05) is 37.0 Å². The van der Waals surface area contributed by atoms with Crippen LogP contribution in [0.1, 0.15) is 40.5 Å². The van der Waals surface area contributed by atoms with Gasteiger partial charge in [-0.3, -0.25) is 0 Å². The zero-order chi connectivity index (χ0) is 18.0. The second-order valence-electron chi connectivity index (χ2n) is 7.98. The van der Waals surface area contributed by atoms with Crippen LogP contribution >= 0.6 is 0 Å². The normalized spacial score (nSPS) is 29.3. The molecular weight excluding hydrogens is 316 g/mol. The molecule has 0 amide bonds. The van der Waals surface area contributed by atoms with Crippen LogP contribution in [0.4, 0.5) is 11.4 Å². The maximum absolute atomic E-state index is 5.84. The quantitative estimate of drug-likeness (QED) is 0.899. The predicted molar refractivity (Wildman–Crippen MR) is 102 cm³/mol. The van der Waals surface area contributed by atoms with Crippen molar-refractivity contribution in [2.24, 2.45) is 0 Å². The van der Waals surface area contributed by atoms with Crippen molar-refractivity contribution in [2.45, 2.75) is 64.4 Å². The first-order valence-corrected chi connectivity index (χ1v) is 9.35. The van der Waals surface area contributed by atoms with E-state index in [2.05, 4.69) is 56.1 Å². The van der Waals surface area contributed by atoms with Gasteiger partial charge in [-0.15, -0.1) is 0 Å². The standard InChI is InChI=1S/C20H32N2O3/c1-14-10-16(11-15(2)25-14)21-18-7-6-17(12-19(18)23-5)22-8-9-24-20(3,4)13-22/h6-7,12,14-16,21H,8-11,13H2,1-5H3/t14-,15+,16?. The van der Waals surface area contributed by atoms with Crippen molar-refractivity contribution < 1.29 is 14.2 Å². The summed E-state index contributed by atoms with van der Waals surface area (Å²) in [5.74, 6) is 0.897. The Morgan fingerprint density at radius 2 is 1.92 bits per heavy atom. The average molecular weight is 348 g/mol. The van der Waals surface area contributed by atoms with E-state index in [4.69, 9.17) is 14.2 Å². The third kappa shape index (κ3) is 4.59. The zero-order valence-corrected chi connectivity index (χ0v) is 16.2. The molecule has 1 unspecified atom stereocenters. The van der Waals surface area contributed by atoms with Gasteiger partial charge in [0.05, 0.1) is 37.2 Å². The van der Waals surface area contributed by atoms with Gasteiger partial charge in [-0.2, -0.15) is 0 Å². The fourth-order valence-electron chi connectivity index (χ4n) is 3.98. The van der Waals surface area contributed by atoms with Gasteiger partial charge in [0.25, 0.3) is 0 Å². The van der Waals surface area contributed by atoms with Gasteiger partial charge in [-0.1, -0.05) is 0 Å². The zero-order valence-electron chi connectivity index (χ0n) is 16.2. The van der Waals surface area contributed by atoms with Crippen molar-refractivity contribution >= 4 is 11.4 Å². The number of methoxy groups -OCH3 is 1. The van der Waals surface area contributed by atoms with Gasteiger partial charge in [0.15, 0.2) is 0 Å². The van der Waals surface area contributed by atoms with Crippen molar-refractivity contribution in [3.05, 3.63) is 18.2 Å². The van der Waals surface area contributed by atoms with Crippen LogP contribution in [0.2, 0.25) is 0 Å². The van der Waals surface area contributed by atoms with Crippen LogP contribution in [-0.2, 0) is 9.47 Å². The van der Waals surface area contributed by atoms with Crippen LogP contribution in [0.25, 0.3) is 0 Å². The SMILES string of the molecule is COc1cc(N2CCOC(C)(C)C2)ccc1NC1C[C@@H](C)O[C@@H](C)C1. The van der Waals surface area contributed by atoms with Crippen LogP contribution in [0.5, 0.6) is 5.75 Å². The first-order chi connectivity index (χ1) is 11.9. The highest BCUT2D eigenvalue weighted by molar-refractivity contribution is 5.65. The van der Waals surface area contributed by atoms with E-state index in [1.165, 1.54) is 5.69 Å². The first-order valence-electron chi connectivity index (χ1n) is 9.35. The summed E-state index contributed by atoms with van der Waals surface area (Å²) in [6, 6.07) is 6.87.